The third-order valence-corrected chi connectivity index (χ3v) is 5.99. The summed E-state index contributed by atoms with van der Waals surface area (Å²) in [7, 11) is -3.52. The lowest BCUT2D eigenvalue weighted by Gasteiger charge is -2.24. The number of rotatable bonds is 4. The molecule has 15 heavy (non-hydrogen) atoms. The second kappa shape index (κ2) is 6.05. The highest BCUT2D eigenvalue weighted by atomic mass is 127. The Morgan fingerprint density at radius 3 is 1.33 bits per heavy atom. The summed E-state index contributed by atoms with van der Waals surface area (Å²) < 4.78 is 14.6. The molecule has 0 unspecified atom stereocenters. The molecule has 0 amide bonds. The SMILES string of the molecule is CC(=O)O[Si](CI)(OC(C)=O)OC(C)=O. The summed E-state index contributed by atoms with van der Waals surface area (Å²) in [5.74, 6) is -1.96. The molecule has 0 aromatic rings. The van der Waals surface area contributed by atoms with Crippen molar-refractivity contribution >= 4 is 49.3 Å². The highest BCUT2D eigenvalue weighted by molar-refractivity contribution is 14.1. The van der Waals surface area contributed by atoms with E-state index in [4.69, 9.17) is 13.3 Å². The van der Waals surface area contributed by atoms with Crippen LogP contribution < -0.4 is 0 Å². The monoisotopic (exact) mass is 346 g/mol. The maximum absolute atomic E-state index is 10.8. The van der Waals surface area contributed by atoms with Crippen LogP contribution in [-0.4, -0.2) is 30.8 Å². The molecule has 0 spiro atoms. The van der Waals surface area contributed by atoms with Gasteiger partial charge in [-0.2, -0.15) is 0 Å². The van der Waals surface area contributed by atoms with Gasteiger partial charge < -0.3 is 13.3 Å². The predicted molar refractivity (Wildman–Crippen MR) is 59.9 cm³/mol. The molecule has 86 valence electrons. The van der Waals surface area contributed by atoms with E-state index < -0.39 is 26.7 Å². The molecule has 0 N–H and O–H groups in total. The van der Waals surface area contributed by atoms with Gasteiger partial charge in [0.05, 0.1) is 0 Å². The highest BCUT2D eigenvalue weighted by Crippen LogP contribution is 2.14. The van der Waals surface area contributed by atoms with E-state index in [2.05, 4.69) is 0 Å². The summed E-state index contributed by atoms with van der Waals surface area (Å²) >= 11 is 1.83. The van der Waals surface area contributed by atoms with Crippen LogP contribution in [0.2, 0.25) is 0 Å². The molecule has 0 aromatic heterocycles. The third-order valence-electron chi connectivity index (χ3n) is 1.06. The molecule has 0 fully saturated rings. The van der Waals surface area contributed by atoms with Crippen molar-refractivity contribution < 1.29 is 27.7 Å². The fourth-order valence-corrected chi connectivity index (χ4v) is 3.81. The standard InChI is InChI=1S/C7H11IO6Si/c1-5(9)12-15(4-8,13-6(2)10)14-7(3)11/h4H2,1-3H3. The Balaban J connectivity index is 4.81. The lowest BCUT2D eigenvalue weighted by molar-refractivity contribution is -0.147. The van der Waals surface area contributed by atoms with E-state index in [-0.39, 0.29) is 4.05 Å². The molecule has 0 bridgehead atoms. The quantitative estimate of drug-likeness (QED) is 0.421. The second-order valence-corrected chi connectivity index (χ2v) is 7.13. The topological polar surface area (TPSA) is 78.9 Å². The van der Waals surface area contributed by atoms with Crippen molar-refractivity contribution in [2.45, 2.75) is 20.8 Å². The van der Waals surface area contributed by atoms with Gasteiger partial charge in [0.15, 0.2) is 0 Å². The second-order valence-electron chi connectivity index (χ2n) is 2.60. The van der Waals surface area contributed by atoms with Crippen LogP contribution in [0.5, 0.6) is 0 Å². The molecular formula is C7H11IO6Si. The number of hydrogen-bond donors (Lipinski definition) is 0. The summed E-state index contributed by atoms with van der Waals surface area (Å²) in [6.07, 6.45) is 0. The molecular weight excluding hydrogens is 335 g/mol. The largest absolute Gasteiger partial charge is 0.715 e. The zero-order valence-corrected chi connectivity index (χ0v) is 11.7. The van der Waals surface area contributed by atoms with E-state index in [0.717, 1.165) is 20.8 Å². The van der Waals surface area contributed by atoms with Crippen molar-refractivity contribution in [3.05, 3.63) is 0 Å². The van der Waals surface area contributed by atoms with Crippen LogP contribution in [0.25, 0.3) is 0 Å². The first-order valence-electron chi connectivity index (χ1n) is 3.96. The van der Waals surface area contributed by atoms with Crippen molar-refractivity contribution in [3.63, 3.8) is 0 Å². The van der Waals surface area contributed by atoms with Crippen LogP contribution >= 0.6 is 22.6 Å². The first kappa shape index (κ1) is 14.4. The van der Waals surface area contributed by atoms with E-state index in [9.17, 15) is 14.4 Å². The lowest BCUT2D eigenvalue weighted by atomic mass is 10.9. The summed E-state index contributed by atoms with van der Waals surface area (Å²) in [6.45, 7) is 3.46. The number of hydrogen-bond acceptors (Lipinski definition) is 6. The number of carbonyl (C=O) groups excluding carboxylic acids is 3. The molecule has 0 heterocycles. The Kier molecular flexibility index (Phi) is 5.79. The molecule has 0 aliphatic carbocycles. The summed E-state index contributed by atoms with van der Waals surface area (Å²) in [5, 5.41) is 0. The van der Waals surface area contributed by atoms with E-state index >= 15 is 0 Å². The molecule has 0 aliphatic rings. The fraction of sp³-hybridized carbons (Fsp3) is 0.571. The highest BCUT2D eigenvalue weighted by Gasteiger charge is 2.50. The van der Waals surface area contributed by atoms with Gasteiger partial charge in [-0.1, -0.05) is 22.6 Å². The minimum atomic E-state index is -3.52. The Hall–Kier alpha value is -0.643. The van der Waals surface area contributed by atoms with Gasteiger partial charge in [-0.25, -0.2) is 0 Å². The normalized spacial score (nSPS) is 10.4. The molecule has 8 heteroatoms. The van der Waals surface area contributed by atoms with Gasteiger partial charge in [0.1, 0.15) is 4.05 Å². The van der Waals surface area contributed by atoms with Gasteiger partial charge >= 0.3 is 8.80 Å². The maximum Gasteiger partial charge on any atom is 0.715 e. The van der Waals surface area contributed by atoms with Crippen molar-refractivity contribution in [2.75, 3.05) is 4.05 Å². The zero-order chi connectivity index (χ0) is 12.1. The van der Waals surface area contributed by atoms with Crippen LogP contribution in [-0.2, 0) is 27.7 Å². The van der Waals surface area contributed by atoms with Crippen LogP contribution in [0.4, 0.5) is 0 Å². The van der Waals surface area contributed by atoms with Gasteiger partial charge in [-0.3, -0.25) is 14.4 Å². The van der Waals surface area contributed by atoms with Crippen molar-refractivity contribution in [1.82, 2.24) is 0 Å². The predicted octanol–water partition coefficient (Wildman–Crippen LogP) is 0.589. The Morgan fingerprint density at radius 2 is 1.20 bits per heavy atom. The van der Waals surface area contributed by atoms with Gasteiger partial charge in [-0.05, 0) is 0 Å². The first-order valence-corrected chi connectivity index (χ1v) is 7.42. The molecule has 0 aliphatic heterocycles. The minimum Gasteiger partial charge on any atom is -0.455 e. The molecule has 0 atom stereocenters. The number of alkyl halides is 1. The average molecular weight is 346 g/mol. The van der Waals surface area contributed by atoms with Gasteiger partial charge in [0, 0.05) is 20.8 Å². The summed E-state index contributed by atoms with van der Waals surface area (Å²) in [5.41, 5.74) is 0. The smallest absolute Gasteiger partial charge is 0.455 e. The van der Waals surface area contributed by atoms with Gasteiger partial charge in [0.25, 0.3) is 17.9 Å². The van der Waals surface area contributed by atoms with Crippen LogP contribution in [0.15, 0.2) is 0 Å². The Bertz CT molecular complexity index is 238. The fourth-order valence-electron chi connectivity index (χ4n) is 0.801. The van der Waals surface area contributed by atoms with E-state index in [1.165, 1.54) is 0 Å². The van der Waals surface area contributed by atoms with E-state index in [1.54, 1.807) is 0 Å². The molecule has 0 saturated heterocycles. The molecule has 0 radical (unpaired) electrons. The van der Waals surface area contributed by atoms with E-state index in [1.807, 2.05) is 22.6 Å². The average Bonchev–Trinajstić information content (AvgIpc) is 1.99. The molecule has 0 saturated carbocycles. The Morgan fingerprint density at radius 1 is 0.933 bits per heavy atom. The van der Waals surface area contributed by atoms with Crippen molar-refractivity contribution in [3.8, 4) is 0 Å². The van der Waals surface area contributed by atoms with Gasteiger partial charge in [0.2, 0.25) is 0 Å². The van der Waals surface area contributed by atoms with Gasteiger partial charge in [-0.15, -0.1) is 0 Å². The summed E-state index contributed by atoms with van der Waals surface area (Å²) in [6, 6.07) is 0. The number of halogens is 1. The van der Waals surface area contributed by atoms with Crippen LogP contribution in [0, 0.1) is 0 Å². The van der Waals surface area contributed by atoms with E-state index in [0.29, 0.717) is 0 Å². The van der Waals surface area contributed by atoms with Crippen LogP contribution in [0.1, 0.15) is 20.8 Å². The number of carbonyl (C=O) groups is 3. The van der Waals surface area contributed by atoms with Crippen molar-refractivity contribution in [1.29, 1.82) is 0 Å². The zero-order valence-electron chi connectivity index (χ0n) is 8.53. The molecule has 0 rings (SSSR count). The van der Waals surface area contributed by atoms with Crippen LogP contribution in [0.3, 0.4) is 0 Å². The first-order chi connectivity index (χ1) is 6.81. The Labute approximate surface area is 102 Å². The third kappa shape index (κ3) is 5.72. The maximum atomic E-state index is 10.8. The molecule has 0 aromatic carbocycles. The van der Waals surface area contributed by atoms with Crippen molar-refractivity contribution in [2.24, 2.45) is 0 Å². The lowest BCUT2D eigenvalue weighted by Crippen LogP contribution is -2.51. The minimum absolute atomic E-state index is 0.128. The summed E-state index contributed by atoms with van der Waals surface area (Å²) in [4.78, 5) is 32.4. The molecule has 6 nitrogen and oxygen atoms in total.